The average molecular weight is 505 g/mol. The van der Waals surface area contributed by atoms with E-state index < -0.39 is 75.1 Å². The van der Waals surface area contributed by atoms with Gasteiger partial charge in [0.05, 0.1) is 11.7 Å². The Morgan fingerprint density at radius 1 is 1.20 bits per heavy atom. The van der Waals surface area contributed by atoms with Crippen LogP contribution in [0.2, 0.25) is 0 Å². The predicted molar refractivity (Wildman–Crippen MR) is 123 cm³/mol. The molecular formula is C26H26F2O6S. The molecular weight excluding hydrogens is 478 g/mol. The van der Waals surface area contributed by atoms with Gasteiger partial charge in [0.15, 0.2) is 22.8 Å². The Morgan fingerprint density at radius 3 is 2.54 bits per heavy atom. The highest BCUT2D eigenvalue weighted by atomic mass is 32.1. The van der Waals surface area contributed by atoms with Crippen molar-refractivity contribution in [3.05, 3.63) is 48.0 Å². The first-order valence-electron chi connectivity index (χ1n) is 11.6. The number of Topliss-reactive ketones (excluding diaryl/α,β-unsaturated/α-hetero) is 1. The molecule has 0 spiro atoms. The molecule has 1 aromatic rings. The summed E-state index contributed by atoms with van der Waals surface area (Å²) in [5, 5.41) is -0.753. The SMILES string of the molecule is CC1CC2C3CC(F)C4=CC(=O)C=CC4(C)C3(F)C(=O)CC2(C)C1(OC(=O)c1ccco1)C(=O)S. The minimum absolute atomic E-state index is 0.0347. The molecule has 9 heteroatoms. The molecule has 0 saturated heterocycles. The van der Waals surface area contributed by atoms with Gasteiger partial charge in [-0.1, -0.05) is 19.9 Å². The molecule has 0 bridgehead atoms. The Morgan fingerprint density at radius 2 is 1.91 bits per heavy atom. The van der Waals surface area contributed by atoms with E-state index in [0.29, 0.717) is 0 Å². The first-order chi connectivity index (χ1) is 16.3. The van der Waals surface area contributed by atoms with Gasteiger partial charge in [0, 0.05) is 23.7 Å². The van der Waals surface area contributed by atoms with E-state index in [-0.39, 0.29) is 24.2 Å². The molecule has 0 amide bonds. The van der Waals surface area contributed by atoms with Crippen LogP contribution < -0.4 is 0 Å². The molecule has 0 aliphatic heterocycles. The van der Waals surface area contributed by atoms with Crippen LogP contribution in [0.5, 0.6) is 0 Å². The summed E-state index contributed by atoms with van der Waals surface area (Å²) in [5.41, 5.74) is -7.32. The maximum absolute atomic E-state index is 17.2. The van der Waals surface area contributed by atoms with Gasteiger partial charge in [0.2, 0.25) is 10.9 Å². The molecule has 6 nitrogen and oxygen atoms in total. The Balaban J connectivity index is 1.63. The molecule has 0 N–H and O–H groups in total. The number of alkyl halides is 2. The van der Waals surface area contributed by atoms with Crippen molar-refractivity contribution in [3.63, 3.8) is 0 Å². The zero-order valence-electron chi connectivity index (χ0n) is 19.5. The van der Waals surface area contributed by atoms with Gasteiger partial charge in [-0.05, 0) is 55.5 Å². The number of halogens is 2. The lowest BCUT2D eigenvalue weighted by Gasteiger charge is -2.60. The van der Waals surface area contributed by atoms with Crippen LogP contribution in [0.25, 0.3) is 0 Å². The van der Waals surface area contributed by atoms with Crippen molar-refractivity contribution in [2.75, 3.05) is 0 Å². The number of hydrogen-bond acceptors (Lipinski definition) is 6. The summed E-state index contributed by atoms with van der Waals surface area (Å²) in [6, 6.07) is 2.88. The lowest BCUT2D eigenvalue weighted by atomic mass is 9.45. The molecule has 1 aromatic heterocycles. The van der Waals surface area contributed by atoms with E-state index in [9.17, 15) is 19.2 Å². The van der Waals surface area contributed by atoms with Gasteiger partial charge in [0.1, 0.15) is 6.17 Å². The highest BCUT2D eigenvalue weighted by molar-refractivity contribution is 7.96. The fourth-order valence-electron chi connectivity index (χ4n) is 7.56. The van der Waals surface area contributed by atoms with Crippen LogP contribution in [0.4, 0.5) is 8.78 Å². The fraction of sp³-hybridized carbons (Fsp3) is 0.538. The topological polar surface area (TPSA) is 90.7 Å². The van der Waals surface area contributed by atoms with E-state index in [1.807, 2.05) is 0 Å². The largest absolute Gasteiger partial charge is 0.457 e. The number of ketones is 2. The van der Waals surface area contributed by atoms with Crippen molar-refractivity contribution < 1.29 is 37.1 Å². The van der Waals surface area contributed by atoms with Gasteiger partial charge in [-0.25, -0.2) is 13.6 Å². The lowest BCUT2D eigenvalue weighted by Crippen LogP contribution is -2.69. The van der Waals surface area contributed by atoms with Crippen LogP contribution >= 0.6 is 12.6 Å². The molecule has 35 heavy (non-hydrogen) atoms. The average Bonchev–Trinajstić information content (AvgIpc) is 3.39. The second-order valence-electron chi connectivity index (χ2n) is 10.7. The highest BCUT2D eigenvalue weighted by Gasteiger charge is 2.78. The Labute approximate surface area is 206 Å². The van der Waals surface area contributed by atoms with E-state index in [0.717, 1.165) is 6.08 Å². The summed E-state index contributed by atoms with van der Waals surface area (Å²) < 4.78 is 43.6. The predicted octanol–water partition coefficient (Wildman–Crippen LogP) is 4.40. The maximum atomic E-state index is 17.2. The summed E-state index contributed by atoms with van der Waals surface area (Å²) in [5.74, 6) is -4.65. The Bertz CT molecular complexity index is 1210. The minimum atomic E-state index is -2.48. The number of esters is 1. The van der Waals surface area contributed by atoms with Crippen molar-refractivity contribution in [1.82, 2.24) is 0 Å². The normalized spacial score (nSPS) is 44.2. The zero-order valence-corrected chi connectivity index (χ0v) is 20.4. The number of carbonyl (C=O) groups excluding carboxylic acids is 4. The molecule has 4 aliphatic carbocycles. The van der Waals surface area contributed by atoms with Gasteiger partial charge in [-0.15, -0.1) is 12.6 Å². The molecule has 8 unspecified atom stereocenters. The van der Waals surface area contributed by atoms with Crippen molar-refractivity contribution in [1.29, 1.82) is 0 Å². The van der Waals surface area contributed by atoms with Crippen LogP contribution in [-0.4, -0.2) is 40.1 Å². The minimum Gasteiger partial charge on any atom is -0.457 e. The number of hydrogen-bond donors (Lipinski definition) is 1. The number of furan rings is 1. The summed E-state index contributed by atoms with van der Waals surface area (Å²) in [7, 11) is 0. The van der Waals surface area contributed by atoms with E-state index in [2.05, 4.69) is 12.6 Å². The molecule has 3 fully saturated rings. The number of ether oxygens (including phenoxy) is 1. The fourth-order valence-corrected chi connectivity index (χ4v) is 8.09. The molecule has 8 atom stereocenters. The maximum Gasteiger partial charge on any atom is 0.375 e. The number of thiol groups is 1. The van der Waals surface area contributed by atoms with Crippen molar-refractivity contribution >= 4 is 35.3 Å². The molecule has 0 aromatic carbocycles. The van der Waals surface area contributed by atoms with Crippen molar-refractivity contribution in [2.45, 2.75) is 57.5 Å². The molecule has 186 valence electrons. The first kappa shape index (κ1) is 24.2. The molecule has 1 heterocycles. The van der Waals surface area contributed by atoms with Gasteiger partial charge in [-0.2, -0.15) is 0 Å². The highest BCUT2D eigenvalue weighted by Crippen LogP contribution is 2.70. The van der Waals surface area contributed by atoms with Crippen LogP contribution in [0.15, 0.2) is 46.6 Å². The summed E-state index contributed by atoms with van der Waals surface area (Å²) in [6.45, 7) is 4.77. The van der Waals surface area contributed by atoms with Crippen LogP contribution in [-0.2, 0) is 19.1 Å². The third-order valence-corrected chi connectivity index (χ3v) is 9.56. The Kier molecular flexibility index (Phi) is 5.16. The van der Waals surface area contributed by atoms with Gasteiger partial charge in [-0.3, -0.25) is 14.4 Å². The second-order valence-corrected chi connectivity index (χ2v) is 11.1. The van der Waals surface area contributed by atoms with Gasteiger partial charge >= 0.3 is 5.97 Å². The molecule has 5 rings (SSSR count). The third kappa shape index (κ3) is 2.81. The van der Waals surface area contributed by atoms with Crippen LogP contribution in [0.1, 0.15) is 50.6 Å². The van der Waals surface area contributed by atoms with Crippen molar-refractivity contribution in [3.8, 4) is 0 Å². The Hall–Kier alpha value is -2.55. The second kappa shape index (κ2) is 7.48. The van der Waals surface area contributed by atoms with E-state index in [1.54, 1.807) is 13.8 Å². The van der Waals surface area contributed by atoms with Crippen molar-refractivity contribution in [2.24, 2.45) is 28.6 Å². The lowest BCUT2D eigenvalue weighted by molar-refractivity contribution is -0.186. The van der Waals surface area contributed by atoms with E-state index in [1.165, 1.54) is 37.5 Å². The molecule has 4 aliphatic rings. The quantitative estimate of drug-likeness (QED) is 0.485. The number of rotatable bonds is 3. The summed E-state index contributed by atoms with van der Waals surface area (Å²) in [6.07, 6.45) is 2.71. The standard InChI is InChI=1S/C26H26F2O6S/c1-13-9-15-16-11-18(27)17-10-14(29)6-7-23(17,2)25(16,28)20(30)12-24(15,3)26(13,22(32)35)34-21(31)19-5-4-8-33-19/h4-8,10,13,15-16,18H,9,11-12H2,1-3H3,(H,32,35). The van der Waals surface area contributed by atoms with Crippen LogP contribution in [0.3, 0.4) is 0 Å². The number of allylic oxidation sites excluding steroid dienone is 4. The molecule has 3 saturated carbocycles. The van der Waals surface area contributed by atoms with Gasteiger partial charge in [0.25, 0.3) is 0 Å². The zero-order chi connectivity index (χ0) is 25.6. The summed E-state index contributed by atoms with van der Waals surface area (Å²) in [4.78, 5) is 51.7. The van der Waals surface area contributed by atoms with E-state index in [4.69, 9.17) is 9.15 Å². The summed E-state index contributed by atoms with van der Waals surface area (Å²) >= 11 is 4.08. The number of carbonyl (C=O) groups is 4. The smallest absolute Gasteiger partial charge is 0.375 e. The number of fused-ring (bicyclic) bond motifs is 5. The van der Waals surface area contributed by atoms with Gasteiger partial charge < -0.3 is 9.15 Å². The third-order valence-electron chi connectivity index (χ3n) is 9.22. The van der Waals surface area contributed by atoms with E-state index >= 15 is 8.78 Å². The monoisotopic (exact) mass is 504 g/mol. The first-order valence-corrected chi connectivity index (χ1v) is 12.1. The molecule has 0 radical (unpaired) electrons. The van der Waals surface area contributed by atoms with Crippen LogP contribution in [0, 0.1) is 28.6 Å².